The summed E-state index contributed by atoms with van der Waals surface area (Å²) in [6, 6.07) is 4.07. The molecule has 0 aliphatic rings. The van der Waals surface area contributed by atoms with Crippen LogP contribution in [-0.4, -0.2) is 5.11 Å². The first-order valence-electron chi connectivity index (χ1n) is 5.70. The third-order valence-corrected chi connectivity index (χ3v) is 2.56. The molecular formula is C14H20O. The van der Waals surface area contributed by atoms with Crippen molar-refractivity contribution < 1.29 is 5.11 Å². The number of phenols is 1. The molecule has 0 amide bonds. The molecule has 1 N–H and O–H groups in total. The fourth-order valence-electron chi connectivity index (χ4n) is 1.82. The molecule has 0 aliphatic heterocycles. The minimum Gasteiger partial charge on any atom is -0.507 e. The van der Waals surface area contributed by atoms with Crippen LogP contribution in [-0.2, 0) is 12.8 Å². The van der Waals surface area contributed by atoms with E-state index in [0.29, 0.717) is 5.75 Å². The zero-order chi connectivity index (χ0) is 11.3. The second-order valence-electron chi connectivity index (χ2n) is 3.89. The SMILES string of the molecule is C=Cc1cc(CCC)c(O)c(CCC)c1. The summed E-state index contributed by atoms with van der Waals surface area (Å²) in [7, 11) is 0. The number of rotatable bonds is 5. The molecule has 0 fully saturated rings. The van der Waals surface area contributed by atoms with Gasteiger partial charge in [-0.3, -0.25) is 0 Å². The molecule has 1 aromatic carbocycles. The third kappa shape index (κ3) is 2.85. The van der Waals surface area contributed by atoms with Gasteiger partial charge in [0.25, 0.3) is 0 Å². The number of hydrogen-bond acceptors (Lipinski definition) is 1. The average Bonchev–Trinajstić information content (AvgIpc) is 2.24. The predicted octanol–water partition coefficient (Wildman–Crippen LogP) is 3.94. The smallest absolute Gasteiger partial charge is 0.121 e. The van der Waals surface area contributed by atoms with Crippen LogP contribution in [0.2, 0.25) is 0 Å². The quantitative estimate of drug-likeness (QED) is 0.770. The van der Waals surface area contributed by atoms with E-state index < -0.39 is 0 Å². The van der Waals surface area contributed by atoms with E-state index in [1.165, 1.54) is 0 Å². The van der Waals surface area contributed by atoms with Crippen molar-refractivity contribution in [2.45, 2.75) is 39.5 Å². The van der Waals surface area contributed by atoms with Crippen molar-refractivity contribution in [2.75, 3.05) is 0 Å². The summed E-state index contributed by atoms with van der Waals surface area (Å²) in [6.07, 6.45) is 5.83. The highest BCUT2D eigenvalue weighted by atomic mass is 16.3. The number of aromatic hydroxyl groups is 1. The standard InChI is InChI=1S/C14H20O/c1-4-7-12-9-11(6-3)10-13(8-5-2)14(12)15/h6,9-10,15H,3-5,7-8H2,1-2H3. The maximum absolute atomic E-state index is 10.0. The maximum atomic E-state index is 10.0. The second-order valence-corrected chi connectivity index (χ2v) is 3.89. The van der Waals surface area contributed by atoms with Crippen molar-refractivity contribution >= 4 is 6.08 Å². The Morgan fingerprint density at radius 3 is 1.93 bits per heavy atom. The highest BCUT2D eigenvalue weighted by Gasteiger charge is 2.07. The largest absolute Gasteiger partial charge is 0.507 e. The Kier molecular flexibility index (Phi) is 4.41. The van der Waals surface area contributed by atoms with Gasteiger partial charge < -0.3 is 5.11 Å². The molecule has 1 rings (SSSR count). The molecule has 0 aromatic heterocycles. The van der Waals surface area contributed by atoms with Gasteiger partial charge in [0.2, 0.25) is 0 Å². The summed E-state index contributed by atoms with van der Waals surface area (Å²) in [5.74, 6) is 0.490. The molecule has 15 heavy (non-hydrogen) atoms. The van der Waals surface area contributed by atoms with Gasteiger partial charge in [-0.25, -0.2) is 0 Å². The van der Waals surface area contributed by atoms with Crippen molar-refractivity contribution in [2.24, 2.45) is 0 Å². The van der Waals surface area contributed by atoms with E-state index in [1.54, 1.807) is 0 Å². The minimum atomic E-state index is 0.490. The van der Waals surface area contributed by atoms with Gasteiger partial charge in [-0.2, -0.15) is 0 Å². The lowest BCUT2D eigenvalue weighted by atomic mass is 9.98. The van der Waals surface area contributed by atoms with Crippen molar-refractivity contribution in [3.63, 3.8) is 0 Å². The number of hydrogen-bond donors (Lipinski definition) is 1. The van der Waals surface area contributed by atoms with Gasteiger partial charge in [0, 0.05) is 0 Å². The Morgan fingerprint density at radius 2 is 1.60 bits per heavy atom. The minimum absolute atomic E-state index is 0.490. The lowest BCUT2D eigenvalue weighted by Crippen LogP contribution is -1.93. The van der Waals surface area contributed by atoms with E-state index >= 15 is 0 Å². The first-order chi connectivity index (χ1) is 7.22. The van der Waals surface area contributed by atoms with Crippen LogP contribution in [0, 0.1) is 0 Å². The summed E-state index contributed by atoms with van der Waals surface area (Å²) in [6.45, 7) is 8.03. The second kappa shape index (κ2) is 5.59. The molecule has 0 saturated carbocycles. The summed E-state index contributed by atoms with van der Waals surface area (Å²) in [4.78, 5) is 0. The molecule has 0 atom stereocenters. The van der Waals surface area contributed by atoms with Gasteiger partial charge in [0.15, 0.2) is 0 Å². The Morgan fingerprint density at radius 1 is 1.13 bits per heavy atom. The lowest BCUT2D eigenvalue weighted by Gasteiger charge is -2.10. The highest BCUT2D eigenvalue weighted by molar-refractivity contribution is 5.55. The molecule has 0 radical (unpaired) electrons. The third-order valence-electron chi connectivity index (χ3n) is 2.56. The molecule has 1 nitrogen and oxygen atoms in total. The molecular weight excluding hydrogens is 184 g/mol. The molecule has 82 valence electrons. The van der Waals surface area contributed by atoms with Gasteiger partial charge in [-0.1, -0.05) is 39.3 Å². The first-order valence-corrected chi connectivity index (χ1v) is 5.70. The Hall–Kier alpha value is -1.24. The molecule has 0 bridgehead atoms. The van der Waals surface area contributed by atoms with Crippen LogP contribution >= 0.6 is 0 Å². The summed E-state index contributed by atoms with van der Waals surface area (Å²) < 4.78 is 0. The van der Waals surface area contributed by atoms with Crippen LogP contribution in [0.15, 0.2) is 18.7 Å². The van der Waals surface area contributed by atoms with E-state index in [-0.39, 0.29) is 0 Å². The summed E-state index contributed by atoms with van der Waals surface area (Å²) in [5, 5.41) is 10.0. The molecule has 0 heterocycles. The monoisotopic (exact) mass is 204 g/mol. The Balaban J connectivity index is 3.14. The van der Waals surface area contributed by atoms with Gasteiger partial charge in [0.05, 0.1) is 0 Å². The lowest BCUT2D eigenvalue weighted by molar-refractivity contribution is 0.460. The van der Waals surface area contributed by atoms with Crippen LogP contribution in [0.25, 0.3) is 6.08 Å². The zero-order valence-corrected chi connectivity index (χ0v) is 9.71. The van der Waals surface area contributed by atoms with Crippen LogP contribution in [0.4, 0.5) is 0 Å². The molecule has 0 saturated heterocycles. The van der Waals surface area contributed by atoms with Crippen molar-refractivity contribution in [1.29, 1.82) is 0 Å². The molecule has 0 spiro atoms. The van der Waals surface area contributed by atoms with Gasteiger partial charge in [0.1, 0.15) is 5.75 Å². The summed E-state index contributed by atoms with van der Waals surface area (Å²) >= 11 is 0. The summed E-state index contributed by atoms with van der Waals surface area (Å²) in [5.41, 5.74) is 3.22. The first kappa shape index (κ1) is 11.8. The van der Waals surface area contributed by atoms with E-state index in [0.717, 1.165) is 42.4 Å². The topological polar surface area (TPSA) is 20.2 Å². The normalized spacial score (nSPS) is 10.3. The number of aryl methyl sites for hydroxylation is 2. The van der Waals surface area contributed by atoms with E-state index in [9.17, 15) is 5.11 Å². The molecule has 0 unspecified atom stereocenters. The molecule has 1 aromatic rings. The highest BCUT2D eigenvalue weighted by Crippen LogP contribution is 2.27. The van der Waals surface area contributed by atoms with Gasteiger partial charge in [-0.15, -0.1) is 0 Å². The van der Waals surface area contributed by atoms with Crippen molar-refractivity contribution in [3.8, 4) is 5.75 Å². The zero-order valence-electron chi connectivity index (χ0n) is 9.71. The van der Waals surface area contributed by atoms with E-state index in [2.05, 4.69) is 20.4 Å². The van der Waals surface area contributed by atoms with Gasteiger partial charge in [-0.05, 0) is 41.7 Å². The fourth-order valence-corrected chi connectivity index (χ4v) is 1.82. The van der Waals surface area contributed by atoms with Crippen LogP contribution in [0.3, 0.4) is 0 Å². The predicted molar refractivity (Wildman–Crippen MR) is 66.2 cm³/mol. The van der Waals surface area contributed by atoms with Crippen molar-refractivity contribution in [3.05, 3.63) is 35.4 Å². The Labute approximate surface area is 92.5 Å². The van der Waals surface area contributed by atoms with Crippen molar-refractivity contribution in [1.82, 2.24) is 0 Å². The van der Waals surface area contributed by atoms with Crippen LogP contribution in [0.1, 0.15) is 43.4 Å². The van der Waals surface area contributed by atoms with E-state index in [1.807, 2.05) is 18.2 Å². The molecule has 0 aliphatic carbocycles. The maximum Gasteiger partial charge on any atom is 0.121 e. The average molecular weight is 204 g/mol. The fraction of sp³-hybridized carbons (Fsp3) is 0.429. The van der Waals surface area contributed by atoms with Crippen LogP contribution in [0.5, 0.6) is 5.75 Å². The van der Waals surface area contributed by atoms with E-state index in [4.69, 9.17) is 0 Å². The number of benzene rings is 1. The van der Waals surface area contributed by atoms with Crippen LogP contribution < -0.4 is 0 Å². The number of phenolic OH excluding ortho intramolecular Hbond substituents is 1. The molecule has 1 heteroatoms. The Bertz CT molecular complexity index is 312. The van der Waals surface area contributed by atoms with Gasteiger partial charge >= 0.3 is 0 Å².